The quantitative estimate of drug-likeness (QED) is 0.832. The lowest BCUT2D eigenvalue weighted by molar-refractivity contribution is -0.137. The third kappa shape index (κ3) is 2.81. The molecule has 1 aliphatic rings. The standard InChI is InChI=1S/C15H20O5/c1-18-11-6-7-12(19-2)15(20-3)14(11)10(8-13(16)17)9-4-5-9/h6-7,9-10H,4-5,8H2,1-3H3,(H,16,17). The van der Waals surface area contributed by atoms with Crippen LogP contribution in [-0.4, -0.2) is 32.4 Å². The number of hydrogen-bond acceptors (Lipinski definition) is 4. The van der Waals surface area contributed by atoms with Gasteiger partial charge in [-0.15, -0.1) is 0 Å². The van der Waals surface area contributed by atoms with Crippen molar-refractivity contribution in [2.75, 3.05) is 21.3 Å². The van der Waals surface area contributed by atoms with Crippen molar-refractivity contribution in [1.29, 1.82) is 0 Å². The van der Waals surface area contributed by atoms with E-state index in [-0.39, 0.29) is 12.3 Å². The maximum atomic E-state index is 11.2. The fourth-order valence-corrected chi connectivity index (χ4v) is 2.65. The van der Waals surface area contributed by atoms with Crippen molar-refractivity contribution in [2.24, 2.45) is 5.92 Å². The van der Waals surface area contributed by atoms with Crippen molar-refractivity contribution in [3.63, 3.8) is 0 Å². The van der Waals surface area contributed by atoms with Crippen LogP contribution in [0.2, 0.25) is 0 Å². The average molecular weight is 280 g/mol. The zero-order valence-electron chi connectivity index (χ0n) is 12.0. The van der Waals surface area contributed by atoms with Crippen molar-refractivity contribution in [2.45, 2.75) is 25.2 Å². The van der Waals surface area contributed by atoms with Crippen LogP contribution in [0.25, 0.3) is 0 Å². The lowest BCUT2D eigenvalue weighted by Crippen LogP contribution is -2.11. The molecule has 0 amide bonds. The first-order valence-corrected chi connectivity index (χ1v) is 6.63. The Hall–Kier alpha value is -1.91. The number of hydrogen-bond donors (Lipinski definition) is 1. The van der Waals surface area contributed by atoms with Gasteiger partial charge in [0, 0.05) is 11.5 Å². The molecular formula is C15H20O5. The normalized spacial score (nSPS) is 15.6. The molecule has 1 aliphatic carbocycles. The van der Waals surface area contributed by atoms with Gasteiger partial charge in [-0.05, 0) is 30.9 Å². The third-order valence-corrected chi connectivity index (χ3v) is 3.72. The Labute approximate surface area is 118 Å². The average Bonchev–Trinajstić information content (AvgIpc) is 3.27. The van der Waals surface area contributed by atoms with Crippen molar-refractivity contribution in [1.82, 2.24) is 0 Å². The molecule has 0 spiro atoms. The minimum Gasteiger partial charge on any atom is -0.496 e. The molecule has 0 radical (unpaired) electrons. The van der Waals surface area contributed by atoms with E-state index in [9.17, 15) is 4.79 Å². The Morgan fingerprint density at radius 1 is 1.20 bits per heavy atom. The Kier molecular flexibility index (Phi) is 4.37. The van der Waals surface area contributed by atoms with Crippen LogP contribution in [0, 0.1) is 5.92 Å². The molecule has 110 valence electrons. The molecule has 20 heavy (non-hydrogen) atoms. The molecule has 1 saturated carbocycles. The Bertz CT molecular complexity index is 493. The zero-order chi connectivity index (χ0) is 14.7. The molecular weight excluding hydrogens is 260 g/mol. The number of carboxylic acids is 1. The summed E-state index contributed by atoms with van der Waals surface area (Å²) in [6.07, 6.45) is 2.16. The van der Waals surface area contributed by atoms with Gasteiger partial charge in [-0.2, -0.15) is 0 Å². The van der Waals surface area contributed by atoms with E-state index >= 15 is 0 Å². The summed E-state index contributed by atoms with van der Waals surface area (Å²) in [4.78, 5) is 11.2. The van der Waals surface area contributed by atoms with Crippen LogP contribution in [0.1, 0.15) is 30.7 Å². The molecule has 1 fully saturated rings. The Morgan fingerprint density at radius 3 is 2.25 bits per heavy atom. The van der Waals surface area contributed by atoms with Crippen molar-refractivity contribution in [3.8, 4) is 17.2 Å². The number of carbonyl (C=O) groups is 1. The molecule has 1 unspecified atom stereocenters. The second-order valence-corrected chi connectivity index (χ2v) is 4.96. The highest BCUT2D eigenvalue weighted by Crippen LogP contribution is 2.52. The minimum absolute atomic E-state index is 0.0740. The Balaban J connectivity index is 2.52. The smallest absolute Gasteiger partial charge is 0.303 e. The van der Waals surface area contributed by atoms with E-state index in [1.54, 1.807) is 33.5 Å². The van der Waals surface area contributed by atoms with Gasteiger partial charge in [-0.25, -0.2) is 0 Å². The lowest BCUT2D eigenvalue weighted by atomic mass is 9.89. The first kappa shape index (κ1) is 14.5. The van der Waals surface area contributed by atoms with Gasteiger partial charge in [0.25, 0.3) is 0 Å². The maximum absolute atomic E-state index is 11.2. The summed E-state index contributed by atoms with van der Waals surface area (Å²) in [6.45, 7) is 0. The fourth-order valence-electron chi connectivity index (χ4n) is 2.65. The van der Waals surface area contributed by atoms with Crippen LogP contribution < -0.4 is 14.2 Å². The zero-order valence-corrected chi connectivity index (χ0v) is 12.0. The fraction of sp³-hybridized carbons (Fsp3) is 0.533. The summed E-state index contributed by atoms with van der Waals surface area (Å²) in [5.41, 5.74) is 0.805. The monoisotopic (exact) mass is 280 g/mol. The van der Waals surface area contributed by atoms with Crippen LogP contribution in [0.15, 0.2) is 12.1 Å². The summed E-state index contributed by atoms with van der Waals surface area (Å²) in [7, 11) is 4.71. The maximum Gasteiger partial charge on any atom is 0.303 e. The van der Waals surface area contributed by atoms with Crippen LogP contribution in [0.4, 0.5) is 0 Å². The molecule has 1 aromatic rings. The molecule has 5 nitrogen and oxygen atoms in total. The molecule has 0 aliphatic heterocycles. The molecule has 1 N–H and O–H groups in total. The van der Waals surface area contributed by atoms with Crippen LogP contribution in [0.5, 0.6) is 17.2 Å². The van der Waals surface area contributed by atoms with Gasteiger partial charge in [0.2, 0.25) is 0 Å². The van der Waals surface area contributed by atoms with E-state index in [0.717, 1.165) is 18.4 Å². The summed E-state index contributed by atoms with van der Waals surface area (Å²) < 4.78 is 16.2. The summed E-state index contributed by atoms with van der Waals surface area (Å²) in [5, 5.41) is 9.16. The lowest BCUT2D eigenvalue weighted by Gasteiger charge is -2.22. The van der Waals surface area contributed by atoms with Gasteiger partial charge in [0.1, 0.15) is 5.75 Å². The molecule has 0 saturated heterocycles. The number of benzene rings is 1. The second kappa shape index (κ2) is 6.03. The van der Waals surface area contributed by atoms with Crippen LogP contribution in [0.3, 0.4) is 0 Å². The summed E-state index contributed by atoms with van der Waals surface area (Å²) in [6, 6.07) is 3.57. The van der Waals surface area contributed by atoms with Crippen LogP contribution in [-0.2, 0) is 4.79 Å². The largest absolute Gasteiger partial charge is 0.496 e. The number of carboxylic acid groups (broad SMARTS) is 1. The van der Waals surface area contributed by atoms with Gasteiger partial charge in [0.05, 0.1) is 27.8 Å². The van der Waals surface area contributed by atoms with E-state index in [1.807, 2.05) is 0 Å². The van der Waals surface area contributed by atoms with Gasteiger partial charge < -0.3 is 19.3 Å². The molecule has 0 bridgehead atoms. The van der Waals surface area contributed by atoms with Crippen LogP contribution >= 0.6 is 0 Å². The predicted octanol–water partition coefficient (Wildman–Crippen LogP) is 2.68. The number of ether oxygens (including phenoxy) is 3. The minimum atomic E-state index is -0.811. The summed E-state index contributed by atoms with van der Waals surface area (Å²) >= 11 is 0. The highest BCUT2D eigenvalue weighted by Gasteiger charge is 2.38. The number of methoxy groups -OCH3 is 3. The van der Waals surface area contributed by atoms with Crippen molar-refractivity contribution >= 4 is 5.97 Å². The highest BCUT2D eigenvalue weighted by atomic mass is 16.5. The van der Waals surface area contributed by atoms with Crippen molar-refractivity contribution < 1.29 is 24.1 Å². The van der Waals surface area contributed by atoms with Crippen molar-refractivity contribution in [3.05, 3.63) is 17.7 Å². The highest BCUT2D eigenvalue weighted by molar-refractivity contribution is 5.69. The predicted molar refractivity (Wildman–Crippen MR) is 73.8 cm³/mol. The molecule has 5 heteroatoms. The summed E-state index contributed by atoms with van der Waals surface area (Å²) in [5.74, 6) is 1.28. The molecule has 1 atom stereocenters. The van der Waals surface area contributed by atoms with E-state index < -0.39 is 5.97 Å². The molecule has 1 aromatic carbocycles. The molecule has 0 aromatic heterocycles. The Morgan fingerprint density at radius 2 is 1.80 bits per heavy atom. The third-order valence-electron chi connectivity index (χ3n) is 3.72. The SMILES string of the molecule is COc1ccc(OC)c(C(CC(=O)O)C2CC2)c1OC. The van der Waals surface area contributed by atoms with Gasteiger partial charge in [-0.3, -0.25) is 4.79 Å². The van der Waals surface area contributed by atoms with E-state index in [0.29, 0.717) is 23.2 Å². The van der Waals surface area contributed by atoms with E-state index in [4.69, 9.17) is 19.3 Å². The number of aliphatic carboxylic acids is 1. The van der Waals surface area contributed by atoms with E-state index in [2.05, 4.69) is 0 Å². The number of rotatable bonds is 7. The first-order chi connectivity index (χ1) is 9.62. The first-order valence-electron chi connectivity index (χ1n) is 6.63. The molecule has 0 heterocycles. The van der Waals surface area contributed by atoms with Gasteiger partial charge in [-0.1, -0.05) is 0 Å². The topological polar surface area (TPSA) is 65.0 Å². The van der Waals surface area contributed by atoms with Gasteiger partial charge >= 0.3 is 5.97 Å². The molecule has 2 rings (SSSR count). The van der Waals surface area contributed by atoms with E-state index in [1.165, 1.54) is 0 Å². The second-order valence-electron chi connectivity index (χ2n) is 4.96. The van der Waals surface area contributed by atoms with Gasteiger partial charge in [0.15, 0.2) is 11.5 Å².